The highest BCUT2D eigenvalue weighted by molar-refractivity contribution is 7.47. The zero-order chi connectivity index (χ0) is 45.0. The number of ether oxygens (including phenoxy) is 2. The minimum Gasteiger partial charge on any atom is -0.394 e. The molecule has 61 heavy (non-hydrogen) atoms. The Balaban J connectivity index is 1.66. The number of hydrogen-bond acceptors (Lipinski definition) is 14. The van der Waals surface area contributed by atoms with Crippen LogP contribution in [0.4, 0.5) is 0 Å². The number of phosphoric acid groups is 1. The second kappa shape index (κ2) is 26.1. The number of aromatic amines is 1. The minimum atomic E-state index is -4.71. The number of ketones is 2. The first-order valence-electron chi connectivity index (χ1n) is 20.5. The van der Waals surface area contributed by atoms with E-state index in [4.69, 9.17) is 24.3 Å². The molecule has 1 unspecified atom stereocenters. The maximum absolute atomic E-state index is 14.0. The lowest BCUT2D eigenvalue weighted by Gasteiger charge is -2.28. The molecule has 20 nitrogen and oxygen atoms in total. The van der Waals surface area contributed by atoms with Crippen LogP contribution in [0.2, 0.25) is 0 Å². The van der Waals surface area contributed by atoms with E-state index in [1.807, 2.05) is 13.8 Å². The molecule has 7 atom stereocenters. The highest BCUT2D eigenvalue weighted by Gasteiger charge is 2.38. The number of carbonyl (C=O) groups is 6. The zero-order valence-electron chi connectivity index (χ0n) is 35.4. The second-order valence-electron chi connectivity index (χ2n) is 15.4. The van der Waals surface area contributed by atoms with Gasteiger partial charge >= 0.3 is 7.82 Å². The molecule has 2 aromatic rings. The number of methoxy groups -OCH3 is 1. The van der Waals surface area contributed by atoms with Crippen molar-refractivity contribution in [2.45, 2.75) is 103 Å². The van der Waals surface area contributed by atoms with Gasteiger partial charge in [-0.25, -0.2) is 9.55 Å². The SMILES string of the molecule is COCCOCCC(=O)N1CCC[C@H]1C(=O)N[C@@H](CC(C)C)C(=O)C[C@@H](Cc1cnc[nH]1)C(=O)N[C@@H](CO)C(=O)C[C@H](C(N)=O)[C@@H](C)OP(=O)(O)OCCCc1ccccn1. The van der Waals surface area contributed by atoms with E-state index in [2.05, 4.69) is 25.6 Å². The number of H-pyrrole nitrogens is 1. The molecule has 0 radical (unpaired) electrons. The summed E-state index contributed by atoms with van der Waals surface area (Å²) in [5.41, 5.74) is 6.80. The maximum Gasteiger partial charge on any atom is 0.472 e. The van der Waals surface area contributed by atoms with E-state index < -0.39 is 86.2 Å². The fourth-order valence-electron chi connectivity index (χ4n) is 6.87. The minimum absolute atomic E-state index is 0.0357. The van der Waals surface area contributed by atoms with Crippen LogP contribution in [0.5, 0.6) is 0 Å². The van der Waals surface area contributed by atoms with E-state index in [0.29, 0.717) is 51.1 Å². The van der Waals surface area contributed by atoms with Crippen molar-refractivity contribution in [1.29, 1.82) is 0 Å². The zero-order valence-corrected chi connectivity index (χ0v) is 36.3. The van der Waals surface area contributed by atoms with Crippen molar-refractivity contribution in [3.8, 4) is 0 Å². The number of pyridine rings is 1. The molecule has 4 amide bonds. The molecule has 7 N–H and O–H groups in total. The summed E-state index contributed by atoms with van der Waals surface area (Å²) in [7, 11) is -3.17. The smallest absolute Gasteiger partial charge is 0.394 e. The number of aryl methyl sites for hydroxylation is 1. The first-order chi connectivity index (χ1) is 29.0. The first-order valence-corrected chi connectivity index (χ1v) is 22.0. The number of carbonyl (C=O) groups excluding carboxylic acids is 6. The third-order valence-corrected chi connectivity index (χ3v) is 11.2. The topological polar surface area (TPSA) is 292 Å². The molecule has 0 aliphatic carbocycles. The van der Waals surface area contributed by atoms with Gasteiger partial charge in [0.15, 0.2) is 11.6 Å². The Bertz CT molecular complexity index is 1750. The van der Waals surface area contributed by atoms with Crippen LogP contribution < -0.4 is 16.4 Å². The van der Waals surface area contributed by atoms with Crippen LogP contribution in [0.1, 0.15) is 77.1 Å². The van der Waals surface area contributed by atoms with Crippen molar-refractivity contribution < 1.29 is 61.9 Å². The van der Waals surface area contributed by atoms with Crippen molar-refractivity contribution in [1.82, 2.24) is 30.5 Å². The summed E-state index contributed by atoms with van der Waals surface area (Å²) in [6.07, 6.45) is 4.10. The van der Waals surface area contributed by atoms with Crippen molar-refractivity contribution in [2.24, 2.45) is 23.5 Å². The number of aromatic nitrogens is 3. The highest BCUT2D eigenvalue weighted by atomic mass is 31.2. The number of nitrogens with one attached hydrogen (secondary N) is 3. The number of phosphoric ester groups is 1. The predicted molar refractivity (Wildman–Crippen MR) is 219 cm³/mol. The van der Waals surface area contributed by atoms with Crippen LogP contribution in [0, 0.1) is 17.8 Å². The van der Waals surface area contributed by atoms with Crippen LogP contribution in [-0.2, 0) is 64.7 Å². The molecule has 1 fully saturated rings. The molecule has 0 saturated carbocycles. The number of hydrogen-bond donors (Lipinski definition) is 6. The Morgan fingerprint density at radius 3 is 2.43 bits per heavy atom. The maximum atomic E-state index is 14.0. The van der Waals surface area contributed by atoms with Crippen molar-refractivity contribution >= 4 is 43.0 Å². The van der Waals surface area contributed by atoms with Crippen molar-refractivity contribution in [2.75, 3.05) is 46.7 Å². The average molecular weight is 880 g/mol. The Hall–Kier alpha value is -4.43. The average Bonchev–Trinajstić information content (AvgIpc) is 3.93. The summed E-state index contributed by atoms with van der Waals surface area (Å²) in [4.78, 5) is 103. The Morgan fingerprint density at radius 2 is 1.79 bits per heavy atom. The van der Waals surface area contributed by atoms with Crippen LogP contribution in [0.15, 0.2) is 36.9 Å². The van der Waals surface area contributed by atoms with E-state index in [1.165, 1.54) is 24.3 Å². The van der Waals surface area contributed by atoms with Gasteiger partial charge in [-0.05, 0) is 57.1 Å². The molecule has 0 bridgehead atoms. The fourth-order valence-corrected chi connectivity index (χ4v) is 7.86. The number of amides is 4. The Morgan fingerprint density at radius 1 is 1.03 bits per heavy atom. The van der Waals surface area contributed by atoms with Gasteiger partial charge in [0, 0.05) is 56.7 Å². The molecule has 2 aromatic heterocycles. The van der Waals surface area contributed by atoms with E-state index in [1.54, 1.807) is 31.5 Å². The number of aliphatic hydroxyl groups is 1. The van der Waals surface area contributed by atoms with E-state index in [-0.39, 0.29) is 50.7 Å². The molecule has 1 aliphatic rings. The summed E-state index contributed by atoms with van der Waals surface area (Å²) in [6, 6.07) is 1.99. The van der Waals surface area contributed by atoms with E-state index in [0.717, 1.165) is 5.69 Å². The van der Waals surface area contributed by atoms with Crippen molar-refractivity contribution in [3.05, 3.63) is 48.3 Å². The lowest BCUT2D eigenvalue weighted by molar-refractivity contribution is -0.140. The quantitative estimate of drug-likeness (QED) is 0.0475. The van der Waals surface area contributed by atoms with Gasteiger partial charge < -0.3 is 45.7 Å². The number of likely N-dealkylation sites (tertiary alicyclic amines) is 1. The lowest BCUT2D eigenvalue weighted by atomic mass is 9.89. The van der Waals surface area contributed by atoms with Gasteiger partial charge in [0.2, 0.25) is 23.6 Å². The number of nitrogens with zero attached hydrogens (tertiary/aromatic N) is 3. The lowest BCUT2D eigenvalue weighted by Crippen LogP contribution is -2.52. The van der Waals surface area contributed by atoms with Crippen LogP contribution >= 0.6 is 7.82 Å². The van der Waals surface area contributed by atoms with Gasteiger partial charge in [-0.3, -0.25) is 42.8 Å². The van der Waals surface area contributed by atoms with Crippen LogP contribution in [0.25, 0.3) is 0 Å². The normalized spacial score (nSPS) is 17.5. The van der Waals surface area contributed by atoms with Gasteiger partial charge in [-0.1, -0.05) is 19.9 Å². The number of aliphatic hydroxyl groups excluding tert-OH is 1. The molecule has 1 aliphatic heterocycles. The first kappa shape index (κ1) is 50.9. The third-order valence-electron chi connectivity index (χ3n) is 10.1. The molecule has 0 aromatic carbocycles. The fraction of sp³-hybridized carbons (Fsp3) is 0.650. The van der Waals surface area contributed by atoms with Crippen molar-refractivity contribution in [3.63, 3.8) is 0 Å². The Kier molecular flexibility index (Phi) is 21.8. The molecule has 1 saturated heterocycles. The van der Waals surface area contributed by atoms with Crippen LogP contribution in [0.3, 0.4) is 0 Å². The summed E-state index contributed by atoms with van der Waals surface area (Å²) in [5.74, 6) is -6.51. The third kappa shape index (κ3) is 17.8. The highest BCUT2D eigenvalue weighted by Crippen LogP contribution is 2.46. The molecule has 3 rings (SSSR count). The molecule has 340 valence electrons. The van der Waals surface area contributed by atoms with Gasteiger partial charge in [0.05, 0.1) is 69.8 Å². The van der Waals surface area contributed by atoms with E-state index in [9.17, 15) is 43.3 Å². The summed E-state index contributed by atoms with van der Waals surface area (Å²) < 4.78 is 33.3. The number of rotatable bonds is 30. The number of imidazole rings is 1. The second-order valence-corrected chi connectivity index (χ2v) is 16.8. The van der Waals surface area contributed by atoms with Gasteiger partial charge in [-0.2, -0.15) is 0 Å². The molecule has 21 heteroatoms. The summed E-state index contributed by atoms with van der Waals surface area (Å²) in [5, 5.41) is 15.5. The number of primary amides is 1. The van der Waals surface area contributed by atoms with Crippen LogP contribution in [-0.4, -0.2) is 136 Å². The van der Waals surface area contributed by atoms with Gasteiger partial charge in [-0.15, -0.1) is 0 Å². The molecular weight excluding hydrogens is 817 g/mol. The largest absolute Gasteiger partial charge is 0.472 e. The predicted octanol–water partition coefficient (Wildman–Crippen LogP) is 1.19. The van der Waals surface area contributed by atoms with Gasteiger partial charge in [0.1, 0.15) is 12.1 Å². The van der Waals surface area contributed by atoms with Gasteiger partial charge in [0.25, 0.3) is 0 Å². The molecule has 0 spiro atoms. The molecular formula is C40H62N7O13P. The summed E-state index contributed by atoms with van der Waals surface area (Å²) >= 11 is 0. The number of nitrogens with two attached hydrogens (primary N) is 1. The molecule has 3 heterocycles. The standard InChI is InChI=1S/C40H62N7O13P/c1-26(2)19-32(45-40(54)34-11-7-14-47(34)37(51)12-16-58-18-17-57-4)35(49)21-28(20-30-23-42-25-44-30)39(53)46-33(24-48)36(50)22-31(38(41)52)27(3)60-61(55,56)59-15-8-10-29-9-5-6-13-43-29/h5-6,9,13,23,25-28,31-34,48H,7-8,10-12,14-22,24H2,1-4H3,(H2,41,52)(H,42,44)(H,45,54)(H,46,53)(H,55,56)/t27-,28-,31+,32+,33+,34+/m1/s1. The Labute approximate surface area is 356 Å². The monoisotopic (exact) mass is 879 g/mol. The van der Waals surface area contributed by atoms with E-state index >= 15 is 0 Å². The number of Topliss-reactive ketones (excluding diaryl/α,β-unsaturated/α-hetero) is 2. The summed E-state index contributed by atoms with van der Waals surface area (Å²) in [6.45, 7) is 5.20.